The summed E-state index contributed by atoms with van der Waals surface area (Å²) in [5.41, 5.74) is 7.53. The lowest BCUT2D eigenvalue weighted by molar-refractivity contribution is 1.28. The smallest absolute Gasteiger partial charge is 0.101 e. The molecule has 0 radical (unpaired) electrons. The Labute approximate surface area is 149 Å². The molecule has 0 spiro atoms. The van der Waals surface area contributed by atoms with E-state index in [9.17, 15) is 5.26 Å². The van der Waals surface area contributed by atoms with E-state index < -0.39 is 0 Å². The average molecular weight is 335 g/mol. The molecule has 2 N–H and O–H groups in total. The molecule has 0 atom stereocenters. The van der Waals surface area contributed by atoms with Crippen LogP contribution >= 0.6 is 0 Å². The number of nitrogens with one attached hydrogen (secondary N) is 2. The van der Waals surface area contributed by atoms with Gasteiger partial charge in [0.15, 0.2) is 0 Å². The highest BCUT2D eigenvalue weighted by atomic mass is 14.8. The summed E-state index contributed by atoms with van der Waals surface area (Å²) in [5, 5.41) is 9.42. The third kappa shape index (κ3) is 2.60. The van der Waals surface area contributed by atoms with Crippen LogP contribution in [0.5, 0.6) is 0 Å². The van der Waals surface area contributed by atoms with E-state index in [4.69, 9.17) is 0 Å². The van der Waals surface area contributed by atoms with Crippen LogP contribution in [-0.2, 0) is 0 Å². The number of H-pyrrole nitrogens is 2. The SMILES string of the molecule is N#Cc1cc2cc3ccc(cc4nc(cc5nc(cc1[nH]2)C=C5)C=C4)[nH]3. The lowest BCUT2D eigenvalue weighted by atomic mass is 10.2. The second-order valence-electron chi connectivity index (χ2n) is 6.20. The predicted molar refractivity (Wildman–Crippen MR) is 104 cm³/mol. The molecule has 2 aliphatic rings. The highest BCUT2D eigenvalue weighted by Gasteiger charge is 2.04. The number of aromatic amines is 2. The molecule has 2 aliphatic heterocycles. The van der Waals surface area contributed by atoms with Crippen LogP contribution in [0.15, 0.2) is 42.5 Å². The van der Waals surface area contributed by atoms with Crippen LogP contribution in [0.4, 0.5) is 0 Å². The third-order valence-corrected chi connectivity index (χ3v) is 4.29. The van der Waals surface area contributed by atoms with E-state index >= 15 is 0 Å². The summed E-state index contributed by atoms with van der Waals surface area (Å²) < 4.78 is 0. The van der Waals surface area contributed by atoms with Gasteiger partial charge in [0.1, 0.15) is 6.07 Å². The van der Waals surface area contributed by atoms with Gasteiger partial charge in [0.25, 0.3) is 0 Å². The molecule has 0 fully saturated rings. The number of fused-ring (bicyclic) bond motifs is 8. The molecule has 0 unspecified atom stereocenters. The minimum atomic E-state index is 0.592. The molecular weight excluding hydrogens is 322 g/mol. The number of nitriles is 1. The molecule has 0 amide bonds. The van der Waals surface area contributed by atoms with Crippen LogP contribution in [0.25, 0.3) is 46.4 Å². The molecule has 3 aromatic heterocycles. The second-order valence-corrected chi connectivity index (χ2v) is 6.20. The molecular formula is C21H13N5. The molecule has 5 nitrogen and oxygen atoms in total. The summed E-state index contributed by atoms with van der Waals surface area (Å²) in [4.78, 5) is 15.8. The average Bonchev–Trinajstić information content (AvgIpc) is 3.39. The maximum atomic E-state index is 9.42. The van der Waals surface area contributed by atoms with Crippen molar-refractivity contribution >= 4 is 46.4 Å². The van der Waals surface area contributed by atoms with E-state index in [1.807, 2.05) is 66.8 Å². The van der Waals surface area contributed by atoms with Gasteiger partial charge in [0.2, 0.25) is 0 Å². The maximum Gasteiger partial charge on any atom is 0.101 e. The first kappa shape index (κ1) is 14.4. The molecule has 122 valence electrons. The van der Waals surface area contributed by atoms with Crippen molar-refractivity contribution in [2.24, 2.45) is 0 Å². The molecule has 8 bridgehead atoms. The van der Waals surface area contributed by atoms with E-state index in [2.05, 4.69) is 26.0 Å². The first-order valence-corrected chi connectivity index (χ1v) is 8.24. The Bertz CT molecular complexity index is 1300. The Hall–Kier alpha value is -3.91. The Morgan fingerprint density at radius 3 is 1.96 bits per heavy atom. The second kappa shape index (κ2) is 5.57. The van der Waals surface area contributed by atoms with Crippen molar-refractivity contribution in [1.82, 2.24) is 19.9 Å². The van der Waals surface area contributed by atoms with Gasteiger partial charge in [-0.05, 0) is 66.8 Å². The molecule has 0 saturated heterocycles. The van der Waals surface area contributed by atoms with Crippen molar-refractivity contribution in [3.8, 4) is 6.07 Å². The maximum absolute atomic E-state index is 9.42. The summed E-state index contributed by atoms with van der Waals surface area (Å²) in [6.07, 6.45) is 7.84. The van der Waals surface area contributed by atoms with Gasteiger partial charge in [-0.25, -0.2) is 9.97 Å². The molecule has 5 heterocycles. The number of hydrogen-bond acceptors (Lipinski definition) is 3. The summed E-state index contributed by atoms with van der Waals surface area (Å²) in [6, 6.07) is 15.9. The summed E-state index contributed by atoms with van der Waals surface area (Å²) in [5.74, 6) is 0. The van der Waals surface area contributed by atoms with Crippen LogP contribution in [0.3, 0.4) is 0 Å². The van der Waals surface area contributed by atoms with Gasteiger partial charge in [-0.1, -0.05) is 0 Å². The Kier molecular flexibility index (Phi) is 3.09. The lowest BCUT2D eigenvalue weighted by Crippen LogP contribution is -1.77. The topological polar surface area (TPSA) is 81.2 Å². The number of hydrogen-bond donors (Lipinski definition) is 2. The van der Waals surface area contributed by atoms with Gasteiger partial charge < -0.3 is 9.97 Å². The van der Waals surface area contributed by atoms with Crippen LogP contribution in [0.2, 0.25) is 0 Å². The zero-order chi connectivity index (χ0) is 17.5. The third-order valence-electron chi connectivity index (χ3n) is 4.29. The Morgan fingerprint density at radius 1 is 0.654 bits per heavy atom. The zero-order valence-electron chi connectivity index (χ0n) is 13.7. The normalized spacial score (nSPS) is 12.3. The van der Waals surface area contributed by atoms with Crippen molar-refractivity contribution in [2.75, 3.05) is 0 Å². The highest BCUT2D eigenvalue weighted by molar-refractivity contribution is 5.79. The first-order valence-electron chi connectivity index (χ1n) is 8.24. The van der Waals surface area contributed by atoms with Crippen LogP contribution in [-0.4, -0.2) is 19.9 Å². The van der Waals surface area contributed by atoms with Crippen LogP contribution in [0.1, 0.15) is 28.3 Å². The minimum Gasteiger partial charge on any atom is -0.355 e. The van der Waals surface area contributed by atoms with Gasteiger partial charge in [-0.15, -0.1) is 0 Å². The molecule has 3 aromatic rings. The fourth-order valence-corrected chi connectivity index (χ4v) is 3.11. The summed E-state index contributed by atoms with van der Waals surface area (Å²) >= 11 is 0. The highest BCUT2D eigenvalue weighted by Crippen LogP contribution is 2.19. The number of aromatic nitrogens is 4. The summed E-state index contributed by atoms with van der Waals surface area (Å²) in [6.45, 7) is 0. The molecule has 5 heteroatoms. The van der Waals surface area contributed by atoms with Crippen molar-refractivity contribution in [3.05, 3.63) is 70.8 Å². The lowest BCUT2D eigenvalue weighted by Gasteiger charge is -1.86. The zero-order valence-corrected chi connectivity index (χ0v) is 13.7. The van der Waals surface area contributed by atoms with E-state index in [0.717, 1.165) is 44.8 Å². The van der Waals surface area contributed by atoms with Crippen LogP contribution in [0, 0.1) is 11.3 Å². The Morgan fingerprint density at radius 2 is 1.27 bits per heavy atom. The molecule has 26 heavy (non-hydrogen) atoms. The molecule has 0 aromatic carbocycles. The number of rotatable bonds is 0. The van der Waals surface area contributed by atoms with Crippen molar-refractivity contribution in [3.63, 3.8) is 0 Å². The van der Waals surface area contributed by atoms with E-state index in [-0.39, 0.29) is 0 Å². The van der Waals surface area contributed by atoms with E-state index in [1.54, 1.807) is 0 Å². The Balaban J connectivity index is 1.88. The fourth-order valence-electron chi connectivity index (χ4n) is 3.11. The van der Waals surface area contributed by atoms with Crippen molar-refractivity contribution in [1.29, 1.82) is 5.26 Å². The largest absolute Gasteiger partial charge is 0.355 e. The van der Waals surface area contributed by atoms with E-state index in [0.29, 0.717) is 5.56 Å². The molecule has 0 aliphatic carbocycles. The minimum absolute atomic E-state index is 0.592. The first-order chi connectivity index (χ1) is 12.7. The van der Waals surface area contributed by atoms with Crippen molar-refractivity contribution < 1.29 is 0 Å². The van der Waals surface area contributed by atoms with Gasteiger partial charge in [-0.3, -0.25) is 0 Å². The molecule has 0 saturated carbocycles. The van der Waals surface area contributed by atoms with Gasteiger partial charge in [-0.2, -0.15) is 5.26 Å². The van der Waals surface area contributed by atoms with E-state index in [1.165, 1.54) is 0 Å². The fraction of sp³-hybridized carbons (Fsp3) is 0. The van der Waals surface area contributed by atoms with Gasteiger partial charge in [0.05, 0.1) is 33.9 Å². The molecule has 5 rings (SSSR count). The monoisotopic (exact) mass is 335 g/mol. The van der Waals surface area contributed by atoms with Gasteiger partial charge in [0, 0.05) is 16.6 Å². The number of nitrogens with zero attached hydrogens (tertiary/aromatic N) is 3. The predicted octanol–water partition coefficient (Wildman–Crippen LogP) is 4.53. The quantitative estimate of drug-likeness (QED) is 0.436. The van der Waals surface area contributed by atoms with Crippen molar-refractivity contribution in [2.45, 2.75) is 0 Å². The van der Waals surface area contributed by atoms with Gasteiger partial charge >= 0.3 is 0 Å². The van der Waals surface area contributed by atoms with Crippen LogP contribution < -0.4 is 0 Å². The standard InChI is InChI=1S/C21H13N5/c22-12-13-7-20-10-18-4-3-16(24-18)8-14-1-2-15(23-14)9-17-5-6-19(25-17)11-21(13)26-20/h1-11,24,26H. The summed E-state index contributed by atoms with van der Waals surface area (Å²) in [7, 11) is 0.